The third-order valence-electron chi connectivity index (χ3n) is 0. The standard InChI is InChI=1S/Al.Ca.Na.H2O4S.2H2O.6H/c;;;1-5(2,3)4;;;;;;;;/h;;;(H2,1,2,3,4);2*1H2;;;;;;. The summed E-state index contributed by atoms with van der Waals surface area (Å²) in [6.07, 6.45) is 0. The minimum absolute atomic E-state index is 0. The molecule has 0 aliphatic carbocycles. The molecule has 0 unspecified atom stereocenters. The van der Waals surface area contributed by atoms with Crippen LogP contribution in [0.4, 0.5) is 0 Å². The molecule has 0 rings (SSSR count). The quantitative estimate of drug-likeness (QED) is 0.317. The van der Waals surface area contributed by atoms with Crippen LogP contribution < -0.4 is 0 Å². The van der Waals surface area contributed by atoms with E-state index in [4.69, 9.17) is 17.5 Å². The van der Waals surface area contributed by atoms with E-state index in [1.807, 2.05) is 0 Å². The van der Waals surface area contributed by atoms with E-state index in [0.717, 1.165) is 0 Å². The van der Waals surface area contributed by atoms with E-state index < -0.39 is 10.4 Å². The van der Waals surface area contributed by atoms with Crippen molar-refractivity contribution in [1.29, 1.82) is 0 Å². The van der Waals surface area contributed by atoms with Gasteiger partial charge in [-0.2, -0.15) is 8.42 Å². The van der Waals surface area contributed by atoms with Crippen LogP contribution in [0.2, 0.25) is 0 Å². The second-order valence-corrected chi connectivity index (χ2v) is 1.34. The summed E-state index contributed by atoms with van der Waals surface area (Å²) in [6, 6.07) is 0. The van der Waals surface area contributed by atoms with Crippen LogP contribution in [0.5, 0.6) is 0 Å². The van der Waals surface area contributed by atoms with E-state index in [1.54, 1.807) is 0 Å². The van der Waals surface area contributed by atoms with Gasteiger partial charge in [0.1, 0.15) is 0 Å². The maximum absolute atomic E-state index is 8.74. The van der Waals surface area contributed by atoms with Crippen molar-refractivity contribution in [1.82, 2.24) is 0 Å². The topological polar surface area (TPSA) is 138 Å². The second kappa shape index (κ2) is 17.6. The third-order valence-corrected chi connectivity index (χ3v) is 0. The Balaban J connectivity index is -0.00000000800. The number of rotatable bonds is 0. The molecule has 0 saturated carbocycles. The molecule has 0 aromatic heterocycles. The van der Waals surface area contributed by atoms with Gasteiger partial charge in [-0.3, -0.25) is 9.11 Å². The van der Waals surface area contributed by atoms with Gasteiger partial charge >= 0.3 is 77.7 Å². The van der Waals surface area contributed by atoms with Gasteiger partial charge in [-0.05, 0) is 0 Å². The zero-order valence-corrected chi connectivity index (χ0v) is 3.94. The van der Waals surface area contributed by atoms with E-state index in [1.165, 1.54) is 0 Å². The first kappa shape index (κ1) is 39.0. The summed E-state index contributed by atoms with van der Waals surface area (Å²) in [7, 11) is -4.67. The van der Waals surface area contributed by atoms with Gasteiger partial charge in [0.2, 0.25) is 0 Å². The molecular weight excluding hydrogens is 218 g/mol. The Morgan fingerprint density at radius 1 is 1.00 bits per heavy atom. The fraction of sp³-hybridized carbons (Fsp3) is 0. The second-order valence-electron chi connectivity index (χ2n) is 0.448. The molecule has 60 valence electrons. The molecule has 6 nitrogen and oxygen atoms in total. The maximum atomic E-state index is 8.74. The van der Waals surface area contributed by atoms with Crippen molar-refractivity contribution in [3.8, 4) is 0 Å². The molecule has 0 bridgehead atoms. The molecule has 0 aromatic rings. The Hall–Kier alpha value is 2.58. The van der Waals surface area contributed by atoms with E-state index in [-0.39, 0.29) is 95.6 Å². The molecule has 0 atom stereocenters. The molecule has 0 amide bonds. The normalized spacial score (nSPS) is 5.80. The molecule has 6 N–H and O–H groups in total. The molecule has 10 heteroatoms. The zero-order valence-electron chi connectivity index (χ0n) is 3.12. The average molecular weight is 230 g/mol. The van der Waals surface area contributed by atoms with Crippen molar-refractivity contribution in [2.24, 2.45) is 0 Å². The third kappa shape index (κ3) is 146. The van der Waals surface area contributed by atoms with Crippen molar-refractivity contribution >= 4 is 95.1 Å². The first-order chi connectivity index (χ1) is 2.00. The molecule has 0 aliphatic heterocycles. The summed E-state index contributed by atoms with van der Waals surface area (Å²) in [5.74, 6) is 0. The Bertz CT molecular complexity index is 101. The van der Waals surface area contributed by atoms with Crippen LogP contribution in [0, 0.1) is 0 Å². The van der Waals surface area contributed by atoms with E-state index in [9.17, 15) is 0 Å². The summed E-state index contributed by atoms with van der Waals surface area (Å²) in [5.41, 5.74) is 0. The van der Waals surface area contributed by atoms with E-state index in [0.29, 0.717) is 0 Å². The van der Waals surface area contributed by atoms with Crippen molar-refractivity contribution in [3.63, 3.8) is 0 Å². The van der Waals surface area contributed by atoms with Crippen molar-refractivity contribution in [2.45, 2.75) is 0 Å². The number of hydrogen-bond donors (Lipinski definition) is 2. The molecule has 0 aromatic carbocycles. The number of hydrogen-bond acceptors (Lipinski definition) is 2. The summed E-state index contributed by atoms with van der Waals surface area (Å²) in [6.45, 7) is 0. The van der Waals surface area contributed by atoms with Crippen LogP contribution in [0.25, 0.3) is 0 Å². The Morgan fingerprint density at radius 3 is 1.00 bits per heavy atom. The average Bonchev–Trinajstić information content (AvgIpc) is 0.722. The van der Waals surface area contributed by atoms with Gasteiger partial charge in [-0.25, -0.2) is 0 Å². The van der Waals surface area contributed by atoms with Gasteiger partial charge in [-0.15, -0.1) is 0 Å². The van der Waals surface area contributed by atoms with Crippen LogP contribution in [-0.2, 0) is 10.4 Å². The van der Waals surface area contributed by atoms with Gasteiger partial charge in [0, 0.05) is 0 Å². The molecule has 0 saturated heterocycles. The van der Waals surface area contributed by atoms with Gasteiger partial charge in [0.25, 0.3) is 0 Å². The Labute approximate surface area is 121 Å². The fourth-order valence-electron chi connectivity index (χ4n) is 0. The summed E-state index contributed by atoms with van der Waals surface area (Å²) in [5, 5.41) is 0. The van der Waals surface area contributed by atoms with Crippen LogP contribution >= 0.6 is 0 Å². The van der Waals surface area contributed by atoms with E-state index in [2.05, 4.69) is 0 Å². The molecule has 10 heavy (non-hydrogen) atoms. The predicted molar refractivity (Wildman–Crippen MR) is 47.0 cm³/mol. The van der Waals surface area contributed by atoms with Gasteiger partial charge in [-0.1, -0.05) is 0 Å². The van der Waals surface area contributed by atoms with Gasteiger partial charge in [0.05, 0.1) is 0 Å². The SMILES string of the molecule is O.O.O=S(=O)(O)O.[AlH3].[CaH2].[NaH]. The van der Waals surface area contributed by atoms with Crippen LogP contribution in [0.15, 0.2) is 0 Å². The molecule has 0 spiro atoms. The van der Waals surface area contributed by atoms with Crippen LogP contribution in [0.3, 0.4) is 0 Å². The Morgan fingerprint density at radius 2 is 1.00 bits per heavy atom. The monoisotopic (exact) mass is 230 g/mol. The molecule has 0 aliphatic rings. The molecule has 0 radical (unpaired) electrons. The Kier molecular flexibility index (Phi) is 68.6. The van der Waals surface area contributed by atoms with Gasteiger partial charge in [0.15, 0.2) is 17.4 Å². The van der Waals surface area contributed by atoms with E-state index >= 15 is 0 Å². The predicted octanol–water partition coefficient (Wildman–Crippen LogP) is -5.05. The van der Waals surface area contributed by atoms with Crippen molar-refractivity contribution in [2.75, 3.05) is 0 Å². The van der Waals surface area contributed by atoms with Gasteiger partial charge < -0.3 is 11.0 Å². The van der Waals surface area contributed by atoms with Crippen molar-refractivity contribution < 1.29 is 28.5 Å². The molecule has 0 fully saturated rings. The van der Waals surface area contributed by atoms with Crippen LogP contribution in [-0.4, -0.2) is 113 Å². The molecular formula is H12AlCaNaO6S. The zero-order chi connectivity index (χ0) is 4.50. The minimum atomic E-state index is -4.67. The first-order valence-electron chi connectivity index (χ1n) is 0.698. The molecule has 0 heterocycles. The summed E-state index contributed by atoms with van der Waals surface area (Å²) in [4.78, 5) is 0. The van der Waals surface area contributed by atoms with Crippen LogP contribution in [0.1, 0.15) is 0 Å². The van der Waals surface area contributed by atoms with Crippen molar-refractivity contribution in [3.05, 3.63) is 0 Å². The fourth-order valence-corrected chi connectivity index (χ4v) is 0. The first-order valence-corrected chi connectivity index (χ1v) is 2.10. The summed E-state index contributed by atoms with van der Waals surface area (Å²) >= 11 is 0. The summed E-state index contributed by atoms with van der Waals surface area (Å²) < 4.78 is 31.6.